The number of hydrogen-bond acceptors (Lipinski definition) is 8. The molecule has 0 aromatic heterocycles. The quantitative estimate of drug-likeness (QED) is 0.428. The second kappa shape index (κ2) is 8.64. The number of ether oxygens (including phenoxy) is 1. The van der Waals surface area contributed by atoms with Crippen molar-refractivity contribution in [2.24, 2.45) is 0 Å². The van der Waals surface area contributed by atoms with Crippen LogP contribution in [0.15, 0.2) is 48.5 Å². The predicted molar refractivity (Wildman–Crippen MR) is 123 cm³/mol. The highest BCUT2D eigenvalue weighted by Crippen LogP contribution is 2.54. The molecular weight excluding hydrogens is 442 g/mol. The fourth-order valence-corrected chi connectivity index (χ4v) is 4.84. The summed E-state index contributed by atoms with van der Waals surface area (Å²) in [6.07, 6.45) is 3.77. The number of nitrogens with zero attached hydrogens (tertiary/aromatic N) is 3. The molecule has 2 aliphatic heterocycles. The summed E-state index contributed by atoms with van der Waals surface area (Å²) in [7, 11) is 0. The van der Waals surface area contributed by atoms with Crippen molar-refractivity contribution in [1.82, 2.24) is 4.90 Å². The first-order chi connectivity index (χ1) is 16.0. The van der Waals surface area contributed by atoms with Gasteiger partial charge in [-0.15, -0.1) is 5.23 Å². The summed E-state index contributed by atoms with van der Waals surface area (Å²) in [6, 6.07) is 12.6. The molecule has 4 rings (SSSR count). The Morgan fingerprint density at radius 1 is 1.03 bits per heavy atom. The molecule has 1 atom stereocenters. The number of rotatable bonds is 8. The van der Waals surface area contributed by atoms with Crippen LogP contribution in [0.4, 0.5) is 11.4 Å². The molecular formula is C24H27N3O7. The van der Waals surface area contributed by atoms with Gasteiger partial charge in [-0.25, -0.2) is 0 Å². The van der Waals surface area contributed by atoms with E-state index in [9.17, 15) is 30.2 Å². The van der Waals surface area contributed by atoms with E-state index in [1.165, 1.54) is 11.0 Å². The van der Waals surface area contributed by atoms with E-state index >= 15 is 0 Å². The highest BCUT2D eigenvalue weighted by molar-refractivity contribution is 5.74. The van der Waals surface area contributed by atoms with Gasteiger partial charge < -0.3 is 19.8 Å². The Labute approximate surface area is 196 Å². The summed E-state index contributed by atoms with van der Waals surface area (Å²) in [4.78, 5) is 26.0. The summed E-state index contributed by atoms with van der Waals surface area (Å²) >= 11 is 0. The van der Waals surface area contributed by atoms with Crippen LogP contribution in [0.5, 0.6) is 5.75 Å². The van der Waals surface area contributed by atoms with Crippen LogP contribution in [-0.4, -0.2) is 69.4 Å². The van der Waals surface area contributed by atoms with Crippen LogP contribution in [0.1, 0.15) is 25.0 Å². The Bertz CT molecular complexity index is 1130. The zero-order chi connectivity index (χ0) is 24.7. The SMILES string of the molecule is CC1(C)c2ccccc2N(CCN(CC(=O)O)CC(=O)O)C12C=Cc1cc(N(O)O)ccc1O2. The van der Waals surface area contributed by atoms with Gasteiger partial charge in [0.25, 0.3) is 0 Å². The maximum absolute atomic E-state index is 11.3. The van der Waals surface area contributed by atoms with Crippen molar-refractivity contribution in [3.05, 3.63) is 59.7 Å². The molecule has 0 radical (unpaired) electrons. The highest BCUT2D eigenvalue weighted by atomic mass is 16.8. The third-order valence-corrected chi connectivity index (χ3v) is 6.50. The molecule has 2 heterocycles. The van der Waals surface area contributed by atoms with Gasteiger partial charge >= 0.3 is 11.9 Å². The molecule has 1 unspecified atom stereocenters. The minimum Gasteiger partial charge on any atom is -0.480 e. The van der Waals surface area contributed by atoms with E-state index in [0.717, 1.165) is 11.3 Å². The standard InChI is InChI=1S/C24H27N3O7/c1-23(2)18-5-3-4-6-19(18)26(12-11-25(14-21(28)29)15-22(30)31)24(23)10-9-16-13-17(27(32)33)7-8-20(16)34-24/h3-10,13,32-33H,11-12,14-15H2,1-2H3,(H,28,29)(H,30,31). The van der Waals surface area contributed by atoms with Crippen molar-refractivity contribution in [1.29, 1.82) is 0 Å². The Hall–Kier alpha value is -3.60. The van der Waals surface area contributed by atoms with Crippen LogP contribution in [0.2, 0.25) is 0 Å². The van der Waals surface area contributed by atoms with E-state index in [1.807, 2.05) is 41.3 Å². The maximum atomic E-state index is 11.3. The fourth-order valence-electron chi connectivity index (χ4n) is 4.84. The molecule has 0 saturated heterocycles. The Morgan fingerprint density at radius 3 is 2.35 bits per heavy atom. The summed E-state index contributed by atoms with van der Waals surface area (Å²) < 4.78 is 6.63. The second-order valence-corrected chi connectivity index (χ2v) is 8.94. The van der Waals surface area contributed by atoms with Crippen molar-refractivity contribution in [2.45, 2.75) is 25.0 Å². The van der Waals surface area contributed by atoms with Gasteiger partial charge in [-0.2, -0.15) is 0 Å². The van der Waals surface area contributed by atoms with E-state index in [2.05, 4.69) is 13.8 Å². The van der Waals surface area contributed by atoms with Crippen molar-refractivity contribution >= 4 is 29.4 Å². The van der Waals surface area contributed by atoms with E-state index in [-0.39, 0.29) is 30.5 Å². The molecule has 0 saturated carbocycles. The first kappa shape index (κ1) is 23.6. The average molecular weight is 469 g/mol. The molecule has 0 amide bonds. The first-order valence-corrected chi connectivity index (χ1v) is 10.8. The van der Waals surface area contributed by atoms with Crippen LogP contribution in [0.25, 0.3) is 6.08 Å². The molecule has 2 aromatic rings. The minimum absolute atomic E-state index is 0.0413. The lowest BCUT2D eigenvalue weighted by Crippen LogP contribution is -2.60. The Morgan fingerprint density at radius 2 is 1.71 bits per heavy atom. The molecule has 0 bridgehead atoms. The topological polar surface area (TPSA) is 134 Å². The molecule has 2 aromatic carbocycles. The summed E-state index contributed by atoms with van der Waals surface area (Å²) in [5, 5.41) is 37.2. The van der Waals surface area contributed by atoms with Gasteiger partial charge in [0.1, 0.15) is 5.75 Å². The number of para-hydroxylation sites is 1. The van der Waals surface area contributed by atoms with E-state index < -0.39 is 23.1 Å². The van der Waals surface area contributed by atoms with Gasteiger partial charge in [-0.3, -0.25) is 24.9 Å². The summed E-state index contributed by atoms with van der Waals surface area (Å²) in [6.45, 7) is 3.85. The zero-order valence-electron chi connectivity index (χ0n) is 18.9. The number of anilines is 2. The van der Waals surface area contributed by atoms with Gasteiger partial charge in [0.2, 0.25) is 5.72 Å². The van der Waals surface area contributed by atoms with E-state index in [0.29, 0.717) is 17.9 Å². The Kier molecular flexibility index (Phi) is 5.98. The van der Waals surface area contributed by atoms with E-state index in [1.54, 1.807) is 12.1 Å². The van der Waals surface area contributed by atoms with Gasteiger partial charge in [0, 0.05) is 24.3 Å². The van der Waals surface area contributed by atoms with Crippen molar-refractivity contribution in [3.8, 4) is 5.75 Å². The molecule has 180 valence electrons. The number of carboxylic acids is 2. The molecule has 34 heavy (non-hydrogen) atoms. The van der Waals surface area contributed by atoms with Gasteiger partial charge in [0.15, 0.2) is 0 Å². The largest absolute Gasteiger partial charge is 0.480 e. The third-order valence-electron chi connectivity index (χ3n) is 6.50. The monoisotopic (exact) mass is 469 g/mol. The van der Waals surface area contributed by atoms with Crippen LogP contribution < -0.4 is 14.9 Å². The Balaban J connectivity index is 1.72. The second-order valence-electron chi connectivity index (χ2n) is 8.94. The minimum atomic E-state index is -1.10. The molecule has 0 fully saturated rings. The van der Waals surface area contributed by atoms with Crippen molar-refractivity contribution in [2.75, 3.05) is 36.3 Å². The van der Waals surface area contributed by atoms with Crippen LogP contribution in [0.3, 0.4) is 0 Å². The number of carbonyl (C=O) groups is 2. The molecule has 4 N–H and O–H groups in total. The molecule has 0 aliphatic carbocycles. The predicted octanol–water partition coefficient (Wildman–Crippen LogP) is 2.64. The van der Waals surface area contributed by atoms with Crippen molar-refractivity contribution in [3.63, 3.8) is 0 Å². The third kappa shape index (κ3) is 3.96. The van der Waals surface area contributed by atoms with E-state index in [4.69, 9.17) is 4.74 Å². The number of fused-ring (bicyclic) bond motifs is 2. The van der Waals surface area contributed by atoms with Crippen molar-refractivity contribution < 1.29 is 35.0 Å². The van der Waals surface area contributed by atoms with Gasteiger partial charge in [-0.1, -0.05) is 18.2 Å². The van der Waals surface area contributed by atoms with Gasteiger partial charge in [-0.05, 0) is 55.8 Å². The number of aliphatic carboxylic acids is 2. The summed E-state index contributed by atoms with van der Waals surface area (Å²) in [5.74, 6) is -1.65. The fraction of sp³-hybridized carbons (Fsp3) is 0.333. The smallest absolute Gasteiger partial charge is 0.317 e. The molecule has 2 aliphatic rings. The van der Waals surface area contributed by atoms with Gasteiger partial charge in [0.05, 0.1) is 24.2 Å². The zero-order valence-corrected chi connectivity index (χ0v) is 18.9. The number of carboxylic acid groups (broad SMARTS) is 2. The lowest BCUT2D eigenvalue weighted by Gasteiger charge is -2.47. The average Bonchev–Trinajstić information content (AvgIpc) is 2.94. The summed E-state index contributed by atoms with van der Waals surface area (Å²) in [5.41, 5.74) is 1.31. The highest BCUT2D eigenvalue weighted by Gasteiger charge is 2.58. The number of hydrogen-bond donors (Lipinski definition) is 4. The van der Waals surface area contributed by atoms with Crippen LogP contribution in [0, 0.1) is 0 Å². The van der Waals surface area contributed by atoms with Crippen LogP contribution in [-0.2, 0) is 15.0 Å². The molecule has 10 heteroatoms. The molecule has 1 spiro atoms. The first-order valence-electron chi connectivity index (χ1n) is 10.8. The van der Waals surface area contributed by atoms with Crippen LogP contribution >= 0.6 is 0 Å². The normalized spacial score (nSPS) is 19.6. The molecule has 10 nitrogen and oxygen atoms in total. The lowest BCUT2D eigenvalue weighted by atomic mass is 9.76. The lowest BCUT2D eigenvalue weighted by molar-refractivity contribution is -0.141. The number of benzene rings is 2. The maximum Gasteiger partial charge on any atom is 0.317 e.